The highest BCUT2D eigenvalue weighted by atomic mass is 16.5. The lowest BCUT2D eigenvalue weighted by Crippen LogP contribution is -2.51. The Balaban J connectivity index is 1.82. The first kappa shape index (κ1) is 13.9. The average Bonchev–Trinajstić information content (AvgIpc) is 3.35. The van der Waals surface area contributed by atoms with E-state index in [9.17, 15) is 9.59 Å². The molecule has 1 heterocycles. The maximum absolute atomic E-state index is 12.4. The number of rotatable bonds is 4. The molecule has 0 radical (unpaired) electrons. The van der Waals surface area contributed by atoms with Crippen LogP contribution in [0.1, 0.15) is 26.2 Å². The summed E-state index contributed by atoms with van der Waals surface area (Å²) in [6.45, 7) is 2.92. The van der Waals surface area contributed by atoms with E-state index in [-0.39, 0.29) is 17.7 Å². The zero-order valence-corrected chi connectivity index (χ0v) is 12.2. The van der Waals surface area contributed by atoms with Gasteiger partial charge in [-0.05, 0) is 31.4 Å². The van der Waals surface area contributed by atoms with Gasteiger partial charge in [0.25, 0.3) is 5.91 Å². The van der Waals surface area contributed by atoms with Crippen LogP contribution in [-0.4, -0.2) is 31.0 Å². The number of hydrogen-bond donors (Lipinski definition) is 1. The van der Waals surface area contributed by atoms with E-state index >= 15 is 0 Å². The van der Waals surface area contributed by atoms with Crippen LogP contribution in [0.25, 0.3) is 0 Å². The highest BCUT2D eigenvalue weighted by molar-refractivity contribution is 5.99. The fourth-order valence-corrected chi connectivity index (χ4v) is 2.49. The fraction of sp³-hybridized carbons (Fsp3) is 0.500. The van der Waals surface area contributed by atoms with Gasteiger partial charge in [0.1, 0.15) is 5.75 Å². The summed E-state index contributed by atoms with van der Waals surface area (Å²) in [4.78, 5) is 26.3. The number of fused-ring (bicyclic) bond motifs is 1. The molecule has 0 unspecified atom stereocenters. The quantitative estimate of drug-likeness (QED) is 0.917. The van der Waals surface area contributed by atoms with Crippen LogP contribution in [0.3, 0.4) is 0 Å². The predicted octanol–water partition coefficient (Wildman–Crippen LogP) is 1.72. The summed E-state index contributed by atoms with van der Waals surface area (Å²) < 4.78 is 5.77. The fourth-order valence-electron chi connectivity index (χ4n) is 2.49. The molecule has 5 nitrogen and oxygen atoms in total. The van der Waals surface area contributed by atoms with Crippen molar-refractivity contribution in [3.63, 3.8) is 0 Å². The normalized spacial score (nSPS) is 20.4. The number of amides is 2. The molecular formula is C16H20N2O3. The summed E-state index contributed by atoms with van der Waals surface area (Å²) in [5.74, 6) is 0.684. The third-order valence-electron chi connectivity index (χ3n) is 3.81. The van der Waals surface area contributed by atoms with Crippen molar-refractivity contribution in [2.45, 2.75) is 32.3 Å². The monoisotopic (exact) mass is 288 g/mol. The smallest absolute Gasteiger partial charge is 0.262 e. The van der Waals surface area contributed by atoms with Crippen LogP contribution in [0.5, 0.6) is 5.75 Å². The lowest BCUT2D eigenvalue weighted by Gasteiger charge is -2.34. The van der Waals surface area contributed by atoms with Crippen LogP contribution < -0.4 is 15.0 Å². The van der Waals surface area contributed by atoms with E-state index in [1.807, 2.05) is 31.2 Å². The second-order valence-electron chi connectivity index (χ2n) is 5.59. The topological polar surface area (TPSA) is 58.6 Å². The predicted molar refractivity (Wildman–Crippen MR) is 79.2 cm³/mol. The van der Waals surface area contributed by atoms with Crippen LogP contribution in [0.2, 0.25) is 0 Å². The van der Waals surface area contributed by atoms with Gasteiger partial charge in [-0.3, -0.25) is 9.59 Å². The largest absolute Gasteiger partial charge is 0.477 e. The number of nitrogens with one attached hydrogen (secondary N) is 1. The van der Waals surface area contributed by atoms with Crippen molar-refractivity contribution in [2.24, 2.45) is 5.92 Å². The summed E-state index contributed by atoms with van der Waals surface area (Å²) in [6.07, 6.45) is 2.14. The molecule has 1 aliphatic carbocycles. The van der Waals surface area contributed by atoms with Crippen molar-refractivity contribution in [1.82, 2.24) is 5.32 Å². The molecule has 1 aromatic carbocycles. The molecule has 112 valence electrons. The Morgan fingerprint density at radius 3 is 2.81 bits per heavy atom. The Kier molecular flexibility index (Phi) is 3.82. The molecule has 0 spiro atoms. The number of carbonyl (C=O) groups excluding carboxylic acids is 2. The van der Waals surface area contributed by atoms with Gasteiger partial charge in [0.2, 0.25) is 5.91 Å². The van der Waals surface area contributed by atoms with Crippen LogP contribution in [-0.2, 0) is 9.59 Å². The first-order valence-electron chi connectivity index (χ1n) is 7.55. The van der Waals surface area contributed by atoms with Crippen molar-refractivity contribution < 1.29 is 14.3 Å². The number of anilines is 1. The molecule has 1 aliphatic heterocycles. The molecule has 0 aromatic heterocycles. The Morgan fingerprint density at radius 1 is 1.33 bits per heavy atom. The highest BCUT2D eigenvalue weighted by Gasteiger charge is 2.39. The third kappa shape index (κ3) is 2.86. The number of ether oxygens (including phenoxy) is 1. The molecule has 1 aromatic rings. The van der Waals surface area contributed by atoms with E-state index in [2.05, 4.69) is 5.32 Å². The van der Waals surface area contributed by atoms with Crippen LogP contribution in [0, 0.1) is 5.92 Å². The molecule has 2 aliphatic rings. The summed E-state index contributed by atoms with van der Waals surface area (Å²) in [5.41, 5.74) is 0.772. The summed E-state index contributed by atoms with van der Waals surface area (Å²) >= 11 is 0. The van der Waals surface area contributed by atoms with E-state index in [0.717, 1.165) is 24.9 Å². The second kappa shape index (κ2) is 5.76. The second-order valence-corrected chi connectivity index (χ2v) is 5.59. The highest BCUT2D eigenvalue weighted by Crippen LogP contribution is 2.38. The van der Waals surface area contributed by atoms with Gasteiger partial charge >= 0.3 is 0 Å². The molecule has 21 heavy (non-hydrogen) atoms. The van der Waals surface area contributed by atoms with Gasteiger partial charge in [0, 0.05) is 12.5 Å². The van der Waals surface area contributed by atoms with Crippen molar-refractivity contribution in [3.05, 3.63) is 24.3 Å². The number of hydrogen-bond acceptors (Lipinski definition) is 3. The molecule has 0 saturated heterocycles. The molecule has 1 N–H and O–H groups in total. The van der Waals surface area contributed by atoms with Crippen LogP contribution in [0.4, 0.5) is 5.69 Å². The van der Waals surface area contributed by atoms with Gasteiger partial charge in [-0.15, -0.1) is 0 Å². The molecule has 1 fully saturated rings. The summed E-state index contributed by atoms with van der Waals surface area (Å²) in [7, 11) is 0. The van der Waals surface area contributed by atoms with E-state index < -0.39 is 6.10 Å². The minimum absolute atomic E-state index is 0.110. The van der Waals surface area contributed by atoms with E-state index in [0.29, 0.717) is 18.8 Å². The maximum Gasteiger partial charge on any atom is 0.262 e. The minimum Gasteiger partial charge on any atom is -0.477 e. The lowest BCUT2D eigenvalue weighted by molar-refractivity contribution is -0.128. The van der Waals surface area contributed by atoms with E-state index in [1.165, 1.54) is 0 Å². The van der Waals surface area contributed by atoms with Gasteiger partial charge < -0.3 is 15.0 Å². The lowest BCUT2D eigenvalue weighted by atomic mass is 10.1. The van der Waals surface area contributed by atoms with Gasteiger partial charge in [-0.1, -0.05) is 19.1 Å². The molecule has 0 bridgehead atoms. The van der Waals surface area contributed by atoms with Crippen molar-refractivity contribution in [3.8, 4) is 5.75 Å². The third-order valence-corrected chi connectivity index (χ3v) is 3.81. The number of benzene rings is 1. The first-order chi connectivity index (χ1) is 10.2. The molecule has 5 heteroatoms. The van der Waals surface area contributed by atoms with Crippen LogP contribution >= 0.6 is 0 Å². The van der Waals surface area contributed by atoms with Gasteiger partial charge in [0.05, 0.1) is 12.2 Å². The molecule has 3 rings (SSSR count). The van der Waals surface area contributed by atoms with Gasteiger partial charge in [0.15, 0.2) is 6.10 Å². The zero-order chi connectivity index (χ0) is 14.8. The molecular weight excluding hydrogens is 268 g/mol. The molecule has 1 atom stereocenters. The summed E-state index contributed by atoms with van der Waals surface area (Å²) in [6, 6.07) is 7.41. The average molecular weight is 288 g/mol. The van der Waals surface area contributed by atoms with Gasteiger partial charge in [-0.2, -0.15) is 0 Å². The SMILES string of the molecule is CCCNC(=O)[C@H]1CN(C(=O)C2CC2)c2ccccc2O1. The Morgan fingerprint density at radius 2 is 2.10 bits per heavy atom. The van der Waals surface area contributed by atoms with Crippen LogP contribution in [0.15, 0.2) is 24.3 Å². The Hall–Kier alpha value is -2.04. The zero-order valence-electron chi connectivity index (χ0n) is 12.2. The minimum atomic E-state index is -0.630. The number of carbonyl (C=O) groups is 2. The van der Waals surface area contributed by atoms with Crippen molar-refractivity contribution >= 4 is 17.5 Å². The first-order valence-corrected chi connectivity index (χ1v) is 7.55. The van der Waals surface area contributed by atoms with E-state index in [4.69, 9.17) is 4.74 Å². The molecule has 1 saturated carbocycles. The Labute approximate surface area is 124 Å². The summed E-state index contributed by atoms with van der Waals surface area (Å²) in [5, 5.41) is 2.84. The molecule has 2 amide bonds. The van der Waals surface area contributed by atoms with Crippen molar-refractivity contribution in [1.29, 1.82) is 0 Å². The number of para-hydroxylation sites is 2. The van der Waals surface area contributed by atoms with E-state index in [1.54, 1.807) is 4.90 Å². The standard InChI is InChI=1S/C16H20N2O3/c1-2-9-17-15(19)14-10-18(16(20)11-7-8-11)12-5-3-4-6-13(12)21-14/h3-6,11,14H,2,7-10H2,1H3,(H,17,19)/t14-/m1/s1. The van der Waals surface area contributed by atoms with Gasteiger partial charge in [-0.25, -0.2) is 0 Å². The Bertz CT molecular complexity index is 554. The maximum atomic E-state index is 12.4. The number of nitrogens with zero attached hydrogens (tertiary/aromatic N) is 1. The van der Waals surface area contributed by atoms with Crippen molar-refractivity contribution in [2.75, 3.05) is 18.0 Å².